The molecule has 8 heteroatoms. The van der Waals surface area contributed by atoms with Gasteiger partial charge < -0.3 is 14.2 Å². The number of rotatable bonds is 3. The van der Waals surface area contributed by atoms with Crippen LogP contribution in [0.1, 0.15) is 28.4 Å². The summed E-state index contributed by atoms with van der Waals surface area (Å²) in [6, 6.07) is 10.8. The minimum atomic E-state index is -0.0629. The maximum Gasteiger partial charge on any atom is 0.257 e. The summed E-state index contributed by atoms with van der Waals surface area (Å²) < 4.78 is 7.08. The summed E-state index contributed by atoms with van der Waals surface area (Å²) in [6.45, 7) is 1.87. The number of nitrogens with zero attached hydrogens (tertiary/aromatic N) is 3. The van der Waals surface area contributed by atoms with Gasteiger partial charge in [-0.3, -0.25) is 14.7 Å². The molecule has 0 radical (unpaired) electrons. The van der Waals surface area contributed by atoms with Gasteiger partial charge in [-0.25, -0.2) is 0 Å². The summed E-state index contributed by atoms with van der Waals surface area (Å²) in [5, 5.41) is 7.52. The van der Waals surface area contributed by atoms with E-state index < -0.39 is 0 Å². The number of benzene rings is 1. The topological polar surface area (TPSA) is 80.2 Å². The Morgan fingerprint density at radius 2 is 2.10 bits per heavy atom. The van der Waals surface area contributed by atoms with Crippen molar-refractivity contribution >= 4 is 17.5 Å². The zero-order valence-corrected chi connectivity index (χ0v) is 17.2. The Labute approximate surface area is 178 Å². The number of ether oxygens (including phenoxy) is 1. The number of carbonyl (C=O) groups is 1. The van der Waals surface area contributed by atoms with E-state index in [-0.39, 0.29) is 23.3 Å². The second-order valence-electron chi connectivity index (χ2n) is 7.92. The number of pyridine rings is 1. The number of hydrogen-bond acceptors (Lipinski definition) is 4. The third-order valence-electron chi connectivity index (χ3n) is 6.08. The molecule has 0 unspecified atom stereocenters. The predicted molar refractivity (Wildman–Crippen MR) is 113 cm³/mol. The number of piperidine rings is 1. The fourth-order valence-corrected chi connectivity index (χ4v) is 4.98. The first-order chi connectivity index (χ1) is 14.5. The Kier molecular flexibility index (Phi) is 4.62. The third-order valence-corrected chi connectivity index (χ3v) is 6.37. The lowest BCUT2D eigenvalue weighted by molar-refractivity contribution is 0.0595. The number of nitrogens with one attached hydrogen (secondary N) is 1. The highest BCUT2D eigenvalue weighted by Gasteiger charge is 2.37. The average Bonchev–Trinajstić information content (AvgIpc) is 3.24. The summed E-state index contributed by atoms with van der Waals surface area (Å²) in [6.07, 6.45) is 2.57. The Morgan fingerprint density at radius 1 is 1.23 bits per heavy atom. The maximum atomic E-state index is 13.4. The highest BCUT2D eigenvalue weighted by molar-refractivity contribution is 6.32. The lowest BCUT2D eigenvalue weighted by atomic mass is 9.83. The van der Waals surface area contributed by atoms with Gasteiger partial charge in [0.15, 0.2) is 0 Å². The minimum absolute atomic E-state index is 0.0375. The molecule has 0 saturated carbocycles. The van der Waals surface area contributed by atoms with Crippen molar-refractivity contribution in [1.82, 2.24) is 19.7 Å². The van der Waals surface area contributed by atoms with Crippen LogP contribution in [0.2, 0.25) is 5.02 Å². The molecule has 1 amide bonds. The molecule has 1 fully saturated rings. The van der Waals surface area contributed by atoms with Crippen molar-refractivity contribution in [2.45, 2.75) is 18.9 Å². The van der Waals surface area contributed by atoms with E-state index in [1.165, 1.54) is 0 Å². The molecule has 2 aliphatic rings. The van der Waals surface area contributed by atoms with Gasteiger partial charge in [0.25, 0.3) is 11.5 Å². The van der Waals surface area contributed by atoms with Gasteiger partial charge in [-0.1, -0.05) is 17.7 Å². The van der Waals surface area contributed by atoms with Crippen molar-refractivity contribution in [3.05, 3.63) is 69.2 Å². The van der Waals surface area contributed by atoms with Gasteiger partial charge in [0.05, 0.1) is 29.6 Å². The van der Waals surface area contributed by atoms with Crippen molar-refractivity contribution in [3.8, 4) is 17.0 Å². The molecule has 0 aliphatic carbocycles. The highest BCUT2D eigenvalue weighted by atomic mass is 35.5. The van der Waals surface area contributed by atoms with Crippen LogP contribution >= 0.6 is 11.6 Å². The van der Waals surface area contributed by atoms with Gasteiger partial charge in [-0.05, 0) is 36.6 Å². The largest absolute Gasteiger partial charge is 0.495 e. The highest BCUT2D eigenvalue weighted by Crippen LogP contribution is 2.36. The van der Waals surface area contributed by atoms with E-state index in [1.54, 1.807) is 37.6 Å². The zero-order valence-electron chi connectivity index (χ0n) is 16.5. The van der Waals surface area contributed by atoms with Crippen LogP contribution in [0.3, 0.4) is 0 Å². The number of aromatic amines is 1. The van der Waals surface area contributed by atoms with E-state index in [0.29, 0.717) is 41.7 Å². The summed E-state index contributed by atoms with van der Waals surface area (Å²) >= 11 is 6.27. The molecule has 2 atom stereocenters. The van der Waals surface area contributed by atoms with E-state index in [1.807, 2.05) is 21.6 Å². The average molecular weight is 425 g/mol. The SMILES string of the molecule is COc1ccc(-c2[nH]ncc2C(=O)N2C[C@@H]3C[C@H](C2)c2cccc(=O)n2C3)cc1Cl. The molecule has 5 rings (SSSR count). The fourth-order valence-electron chi connectivity index (χ4n) is 4.72. The normalized spacial score (nSPS) is 20.0. The van der Waals surface area contributed by atoms with Crippen molar-refractivity contribution in [3.63, 3.8) is 0 Å². The fraction of sp³-hybridized carbons (Fsp3) is 0.318. The molecule has 154 valence electrons. The second kappa shape index (κ2) is 7.32. The van der Waals surface area contributed by atoms with Crippen LogP contribution < -0.4 is 10.3 Å². The first-order valence-electron chi connectivity index (χ1n) is 9.91. The molecule has 7 nitrogen and oxygen atoms in total. The smallest absolute Gasteiger partial charge is 0.257 e. The summed E-state index contributed by atoms with van der Waals surface area (Å²) in [7, 11) is 1.56. The van der Waals surface area contributed by atoms with Gasteiger partial charge in [0.2, 0.25) is 0 Å². The number of H-pyrrole nitrogens is 1. The van der Waals surface area contributed by atoms with E-state index in [4.69, 9.17) is 16.3 Å². The number of aromatic nitrogens is 3. The molecule has 2 aliphatic heterocycles. The van der Waals surface area contributed by atoms with E-state index in [0.717, 1.165) is 17.7 Å². The molecule has 4 heterocycles. The molecular weight excluding hydrogens is 404 g/mol. The molecule has 1 aromatic carbocycles. The van der Waals surface area contributed by atoms with E-state index in [9.17, 15) is 9.59 Å². The van der Waals surface area contributed by atoms with Crippen LogP contribution in [0.4, 0.5) is 0 Å². The van der Waals surface area contributed by atoms with Crippen molar-refractivity contribution in [2.24, 2.45) is 5.92 Å². The van der Waals surface area contributed by atoms with Gasteiger partial charge >= 0.3 is 0 Å². The monoisotopic (exact) mass is 424 g/mol. The van der Waals surface area contributed by atoms with Crippen molar-refractivity contribution in [1.29, 1.82) is 0 Å². The maximum absolute atomic E-state index is 13.4. The molecule has 1 N–H and O–H groups in total. The molecule has 2 aromatic heterocycles. The molecule has 2 bridgehead atoms. The number of amides is 1. The van der Waals surface area contributed by atoms with Gasteiger partial charge in [0, 0.05) is 42.9 Å². The molecule has 3 aromatic rings. The van der Waals surface area contributed by atoms with Crippen LogP contribution in [0.5, 0.6) is 5.75 Å². The van der Waals surface area contributed by atoms with Gasteiger partial charge in [0.1, 0.15) is 5.75 Å². The summed E-state index contributed by atoms with van der Waals surface area (Å²) in [5.74, 6) is 0.949. The minimum Gasteiger partial charge on any atom is -0.495 e. The van der Waals surface area contributed by atoms with Crippen LogP contribution in [0, 0.1) is 5.92 Å². The molecule has 0 spiro atoms. The van der Waals surface area contributed by atoms with Crippen molar-refractivity contribution < 1.29 is 9.53 Å². The first-order valence-corrected chi connectivity index (χ1v) is 10.3. The zero-order chi connectivity index (χ0) is 20.8. The van der Waals surface area contributed by atoms with Crippen molar-refractivity contribution in [2.75, 3.05) is 20.2 Å². The van der Waals surface area contributed by atoms with E-state index in [2.05, 4.69) is 10.2 Å². The third kappa shape index (κ3) is 3.10. The van der Waals surface area contributed by atoms with E-state index >= 15 is 0 Å². The number of hydrogen-bond donors (Lipinski definition) is 1. The van der Waals surface area contributed by atoms with Gasteiger partial charge in [-0.15, -0.1) is 0 Å². The predicted octanol–water partition coefficient (Wildman–Crippen LogP) is 3.16. The molecule has 30 heavy (non-hydrogen) atoms. The number of carbonyl (C=O) groups excluding carboxylic acids is 1. The number of fused-ring (bicyclic) bond motifs is 4. The van der Waals surface area contributed by atoms with Gasteiger partial charge in [-0.2, -0.15) is 5.10 Å². The Morgan fingerprint density at radius 3 is 2.90 bits per heavy atom. The lowest BCUT2D eigenvalue weighted by Gasteiger charge is -2.42. The van der Waals surface area contributed by atoms with Crippen LogP contribution in [0.15, 0.2) is 47.4 Å². The summed E-state index contributed by atoms with van der Waals surface area (Å²) in [4.78, 5) is 27.5. The second-order valence-corrected chi connectivity index (χ2v) is 8.32. The van der Waals surface area contributed by atoms with Crippen LogP contribution in [0.25, 0.3) is 11.3 Å². The summed E-state index contributed by atoms with van der Waals surface area (Å²) in [5.41, 5.74) is 2.98. The van der Waals surface area contributed by atoms with Crippen LogP contribution in [-0.4, -0.2) is 45.8 Å². The Bertz CT molecular complexity index is 1190. The lowest BCUT2D eigenvalue weighted by Crippen LogP contribution is -2.49. The van der Waals surface area contributed by atoms with Crippen LogP contribution in [-0.2, 0) is 6.54 Å². The quantitative estimate of drug-likeness (QED) is 0.700. The number of likely N-dealkylation sites (tertiary alicyclic amines) is 1. The standard InChI is InChI=1S/C22H21ClN4O3/c1-30-19-6-5-14(8-17(19)23)21-16(9-24-25-21)22(29)26-10-13-7-15(12-26)18-3-2-4-20(28)27(18)11-13/h2-6,8-9,13,15H,7,10-12H2,1H3,(H,24,25)/t13-,15+/m0/s1. The Balaban J connectivity index is 1.44. The first kappa shape index (κ1) is 18.9. The molecular formula is C22H21ClN4O3. The number of halogens is 1. The Hall–Kier alpha value is -3.06. The number of methoxy groups -OCH3 is 1. The molecule has 1 saturated heterocycles.